The minimum Gasteiger partial charge on any atom is -0.266 e. The van der Waals surface area contributed by atoms with Crippen LogP contribution in [0.5, 0.6) is 0 Å². The van der Waals surface area contributed by atoms with Crippen LogP contribution in [-0.2, 0) is 9.53 Å². The maximum atomic E-state index is 12.8. The second kappa shape index (κ2) is 4.52. The average Bonchev–Trinajstić information content (AvgIpc) is 2.16. The Morgan fingerprint density at radius 1 is 1.00 bits per heavy atom. The molecule has 0 bridgehead atoms. The summed E-state index contributed by atoms with van der Waals surface area (Å²) in [5.74, 6) is -11.1. The van der Waals surface area contributed by atoms with Crippen molar-refractivity contribution in [1.29, 1.82) is 0 Å². The predicted molar refractivity (Wildman–Crippen MR) is 32.9 cm³/mol. The smallest absolute Gasteiger partial charge is 0.266 e. The summed E-state index contributed by atoms with van der Waals surface area (Å²) in [4.78, 5) is 9.80. The molecule has 2 nitrogen and oxygen atoms in total. The van der Waals surface area contributed by atoms with Gasteiger partial charge in [-0.3, -0.25) is 9.53 Å². The molecule has 96 valence electrons. The monoisotopic (exact) mass is 260 g/mol. The first-order valence-electron chi connectivity index (χ1n) is 3.49. The van der Waals surface area contributed by atoms with E-state index in [2.05, 4.69) is 4.74 Å². The number of hydrogen-bond donors (Lipinski definition) is 0. The van der Waals surface area contributed by atoms with Gasteiger partial charge in [-0.15, -0.1) is 0 Å². The summed E-state index contributed by atoms with van der Waals surface area (Å²) in [5, 5.41) is 0. The lowest BCUT2D eigenvalue weighted by atomic mass is 10.2. The first-order chi connectivity index (χ1) is 7.02. The molecule has 0 radical (unpaired) electrons. The van der Waals surface area contributed by atoms with Crippen molar-refractivity contribution in [3.63, 3.8) is 0 Å². The lowest BCUT2D eigenvalue weighted by Gasteiger charge is -2.29. The molecule has 0 saturated carbocycles. The molecule has 0 aromatic heterocycles. The topological polar surface area (TPSA) is 26.3 Å². The maximum absolute atomic E-state index is 12.8. The van der Waals surface area contributed by atoms with Gasteiger partial charge in [0, 0.05) is 0 Å². The predicted octanol–water partition coefficient (Wildman–Crippen LogP) is 2.33. The number of ether oxygens (including phenoxy) is 1. The zero-order valence-electron chi connectivity index (χ0n) is 7.25. The summed E-state index contributed by atoms with van der Waals surface area (Å²) in [6, 6.07) is -3.69. The third-order valence-electron chi connectivity index (χ3n) is 1.34. The average molecular weight is 260 g/mol. The van der Waals surface area contributed by atoms with Crippen LogP contribution in [0.2, 0.25) is 0 Å². The third kappa shape index (κ3) is 2.80. The van der Waals surface area contributed by atoms with Crippen molar-refractivity contribution < 1.29 is 44.7 Å². The van der Waals surface area contributed by atoms with Crippen molar-refractivity contribution in [2.45, 2.75) is 17.9 Å². The van der Waals surface area contributed by atoms with Crippen molar-refractivity contribution in [2.75, 3.05) is 13.3 Å². The normalized spacial score (nSPS) is 17.0. The van der Waals surface area contributed by atoms with Gasteiger partial charge in [-0.2, -0.15) is 26.3 Å². The van der Waals surface area contributed by atoms with E-state index in [0.717, 1.165) is 0 Å². The van der Waals surface area contributed by atoms with Crippen LogP contribution in [0.3, 0.4) is 0 Å². The highest BCUT2D eigenvalue weighted by molar-refractivity contribution is 5.78. The number of halogens is 8. The fourth-order valence-corrected chi connectivity index (χ4v) is 0.578. The standard InChI is InChI=1S/C6H4F8O2/c7-1-4(10,11)6(14,3(9)15)16-5(12,13)2-8/h1-2H2. The molecule has 0 heterocycles. The largest absolute Gasteiger partial charge is 0.387 e. The van der Waals surface area contributed by atoms with Crippen LogP contribution >= 0.6 is 0 Å². The SMILES string of the molecule is O=C(F)C(F)(OC(F)(F)CF)C(F)(F)CF. The van der Waals surface area contributed by atoms with Crippen molar-refractivity contribution in [2.24, 2.45) is 0 Å². The molecule has 16 heavy (non-hydrogen) atoms. The van der Waals surface area contributed by atoms with Crippen LogP contribution in [0.4, 0.5) is 35.1 Å². The number of carbonyl (C=O) groups excluding carboxylic acids is 1. The van der Waals surface area contributed by atoms with Gasteiger partial charge < -0.3 is 0 Å². The van der Waals surface area contributed by atoms with E-state index in [1.54, 1.807) is 0 Å². The summed E-state index contributed by atoms with van der Waals surface area (Å²) < 4.78 is 98.9. The molecule has 0 aliphatic heterocycles. The molecule has 0 fully saturated rings. The molecule has 0 aliphatic rings. The Kier molecular flexibility index (Phi) is 4.25. The van der Waals surface area contributed by atoms with E-state index >= 15 is 0 Å². The Morgan fingerprint density at radius 3 is 1.69 bits per heavy atom. The van der Waals surface area contributed by atoms with Crippen molar-refractivity contribution >= 4 is 6.04 Å². The molecule has 0 amide bonds. The molecular weight excluding hydrogens is 256 g/mol. The molecule has 0 N–H and O–H groups in total. The van der Waals surface area contributed by atoms with Gasteiger partial charge in [-0.25, -0.2) is 8.78 Å². The first-order valence-corrected chi connectivity index (χ1v) is 3.49. The highest BCUT2D eigenvalue weighted by Gasteiger charge is 2.67. The Balaban J connectivity index is 5.23. The Labute approximate surface area is 83.2 Å². The highest BCUT2D eigenvalue weighted by Crippen LogP contribution is 2.39. The fourth-order valence-electron chi connectivity index (χ4n) is 0.578. The molecule has 0 aromatic rings. The van der Waals surface area contributed by atoms with Gasteiger partial charge in [0.25, 0.3) is 0 Å². The van der Waals surface area contributed by atoms with Gasteiger partial charge in [0.1, 0.15) is 0 Å². The summed E-state index contributed by atoms with van der Waals surface area (Å²) >= 11 is 0. The van der Waals surface area contributed by atoms with Gasteiger partial charge in [0.2, 0.25) is 0 Å². The van der Waals surface area contributed by atoms with E-state index in [1.807, 2.05) is 0 Å². The van der Waals surface area contributed by atoms with Gasteiger partial charge >= 0.3 is 23.9 Å². The second-order valence-corrected chi connectivity index (χ2v) is 2.58. The highest BCUT2D eigenvalue weighted by atomic mass is 19.3. The summed E-state index contributed by atoms with van der Waals surface area (Å²) in [7, 11) is 0. The molecule has 0 saturated heterocycles. The van der Waals surface area contributed by atoms with Crippen LogP contribution in [0.15, 0.2) is 0 Å². The Bertz CT molecular complexity index is 267. The molecule has 0 aliphatic carbocycles. The summed E-state index contributed by atoms with van der Waals surface area (Å²) in [6.45, 7) is -5.78. The van der Waals surface area contributed by atoms with E-state index in [0.29, 0.717) is 0 Å². The fraction of sp³-hybridized carbons (Fsp3) is 0.833. The van der Waals surface area contributed by atoms with Gasteiger partial charge in [-0.1, -0.05) is 0 Å². The van der Waals surface area contributed by atoms with Crippen molar-refractivity contribution in [1.82, 2.24) is 0 Å². The maximum Gasteiger partial charge on any atom is 0.387 e. The lowest BCUT2D eigenvalue weighted by Crippen LogP contribution is -2.56. The molecule has 10 heteroatoms. The van der Waals surface area contributed by atoms with Crippen LogP contribution < -0.4 is 0 Å². The number of hydrogen-bond acceptors (Lipinski definition) is 2. The zero-order valence-corrected chi connectivity index (χ0v) is 7.25. The van der Waals surface area contributed by atoms with Crippen molar-refractivity contribution in [3.8, 4) is 0 Å². The minimum absolute atomic E-state index is 2.40. The number of carbonyl (C=O) groups is 1. The van der Waals surface area contributed by atoms with E-state index in [-0.39, 0.29) is 0 Å². The third-order valence-corrected chi connectivity index (χ3v) is 1.34. The number of rotatable bonds is 6. The van der Waals surface area contributed by atoms with E-state index in [9.17, 15) is 39.9 Å². The summed E-state index contributed by atoms with van der Waals surface area (Å²) in [5.41, 5.74) is 0. The Morgan fingerprint density at radius 2 is 1.44 bits per heavy atom. The second-order valence-electron chi connectivity index (χ2n) is 2.58. The van der Waals surface area contributed by atoms with Gasteiger partial charge in [-0.05, 0) is 0 Å². The van der Waals surface area contributed by atoms with E-state index < -0.39 is 37.3 Å². The first kappa shape index (κ1) is 15.1. The zero-order chi connectivity index (χ0) is 13.2. The lowest BCUT2D eigenvalue weighted by molar-refractivity contribution is -0.373. The summed E-state index contributed by atoms with van der Waals surface area (Å²) in [6.07, 6.45) is -5.19. The van der Waals surface area contributed by atoms with Crippen LogP contribution in [0.25, 0.3) is 0 Å². The van der Waals surface area contributed by atoms with E-state index in [1.165, 1.54) is 0 Å². The number of alkyl halides is 7. The van der Waals surface area contributed by atoms with Crippen LogP contribution in [-0.4, -0.2) is 37.3 Å². The van der Waals surface area contributed by atoms with E-state index in [4.69, 9.17) is 0 Å². The van der Waals surface area contributed by atoms with Gasteiger partial charge in [0.15, 0.2) is 13.3 Å². The van der Waals surface area contributed by atoms with Crippen LogP contribution in [0.1, 0.15) is 0 Å². The molecule has 0 aromatic carbocycles. The molecule has 0 spiro atoms. The molecule has 0 rings (SSSR count). The van der Waals surface area contributed by atoms with Crippen molar-refractivity contribution in [3.05, 3.63) is 0 Å². The molecule has 1 atom stereocenters. The Hall–Kier alpha value is -0.930. The van der Waals surface area contributed by atoms with Crippen LogP contribution in [0, 0.1) is 0 Å². The molecule has 1 unspecified atom stereocenters. The quantitative estimate of drug-likeness (QED) is 0.541. The molecular formula is C6H4F8O2. The minimum atomic E-state index is -5.57. The van der Waals surface area contributed by atoms with Gasteiger partial charge in [0.05, 0.1) is 0 Å².